The van der Waals surface area contributed by atoms with Crippen LogP contribution in [-0.4, -0.2) is 31.5 Å². The van der Waals surface area contributed by atoms with Crippen molar-refractivity contribution < 1.29 is 13.9 Å². The molecule has 0 aliphatic heterocycles. The predicted octanol–water partition coefficient (Wildman–Crippen LogP) is 2.46. The van der Waals surface area contributed by atoms with E-state index < -0.39 is 5.82 Å². The number of halogens is 3. The first-order chi connectivity index (χ1) is 8.08. The van der Waals surface area contributed by atoms with E-state index in [1.165, 1.54) is 19.2 Å². The van der Waals surface area contributed by atoms with Gasteiger partial charge < -0.3 is 10.1 Å². The van der Waals surface area contributed by atoms with E-state index in [4.69, 9.17) is 27.9 Å². The Morgan fingerprint density at radius 3 is 2.82 bits per heavy atom. The standard InChI is InChI=1S/C11H12Cl2FNO2/c1-17-6-8(5-12)15-11(16)7-2-3-10(14)9(13)4-7/h2-4,8H,5-6H2,1H3,(H,15,16). The van der Waals surface area contributed by atoms with Crippen LogP contribution in [0.3, 0.4) is 0 Å². The van der Waals surface area contributed by atoms with Crippen LogP contribution in [0.15, 0.2) is 18.2 Å². The smallest absolute Gasteiger partial charge is 0.251 e. The molecule has 1 N–H and O–H groups in total. The lowest BCUT2D eigenvalue weighted by Crippen LogP contribution is -2.39. The van der Waals surface area contributed by atoms with Gasteiger partial charge in [-0.15, -0.1) is 11.6 Å². The molecule has 1 rings (SSSR count). The molecule has 0 bridgehead atoms. The van der Waals surface area contributed by atoms with E-state index in [1.807, 2.05) is 0 Å². The van der Waals surface area contributed by atoms with Crippen molar-refractivity contribution in [2.24, 2.45) is 0 Å². The number of carbonyl (C=O) groups excluding carboxylic acids is 1. The summed E-state index contributed by atoms with van der Waals surface area (Å²) >= 11 is 11.2. The summed E-state index contributed by atoms with van der Waals surface area (Å²) in [6.45, 7) is 0.310. The Bertz CT molecular complexity index is 401. The van der Waals surface area contributed by atoms with Crippen molar-refractivity contribution in [3.63, 3.8) is 0 Å². The van der Waals surface area contributed by atoms with E-state index in [0.29, 0.717) is 6.61 Å². The number of carbonyl (C=O) groups is 1. The van der Waals surface area contributed by atoms with Crippen LogP contribution in [-0.2, 0) is 4.74 Å². The van der Waals surface area contributed by atoms with Crippen molar-refractivity contribution >= 4 is 29.1 Å². The van der Waals surface area contributed by atoms with Gasteiger partial charge in [-0.1, -0.05) is 11.6 Å². The van der Waals surface area contributed by atoms with Crippen molar-refractivity contribution in [3.8, 4) is 0 Å². The molecule has 0 aliphatic rings. The second-order valence-electron chi connectivity index (χ2n) is 3.41. The number of methoxy groups -OCH3 is 1. The highest BCUT2D eigenvalue weighted by molar-refractivity contribution is 6.31. The molecule has 0 saturated carbocycles. The fourth-order valence-corrected chi connectivity index (χ4v) is 1.58. The van der Waals surface area contributed by atoms with E-state index >= 15 is 0 Å². The minimum atomic E-state index is -0.561. The van der Waals surface area contributed by atoms with Crippen molar-refractivity contribution in [2.75, 3.05) is 19.6 Å². The van der Waals surface area contributed by atoms with E-state index in [9.17, 15) is 9.18 Å². The minimum absolute atomic E-state index is 0.0909. The third-order valence-corrected chi connectivity index (χ3v) is 2.73. The highest BCUT2D eigenvalue weighted by Gasteiger charge is 2.13. The molecule has 0 aromatic heterocycles. The van der Waals surface area contributed by atoms with Crippen LogP contribution < -0.4 is 5.32 Å². The fraction of sp³-hybridized carbons (Fsp3) is 0.364. The molecule has 17 heavy (non-hydrogen) atoms. The zero-order valence-corrected chi connectivity index (χ0v) is 10.7. The van der Waals surface area contributed by atoms with Gasteiger partial charge in [-0.25, -0.2) is 4.39 Å². The van der Waals surface area contributed by atoms with E-state index in [0.717, 1.165) is 6.07 Å². The number of hydrogen-bond acceptors (Lipinski definition) is 2. The molecule has 1 amide bonds. The highest BCUT2D eigenvalue weighted by Crippen LogP contribution is 2.16. The average molecular weight is 280 g/mol. The van der Waals surface area contributed by atoms with Gasteiger partial charge in [-0.2, -0.15) is 0 Å². The van der Waals surface area contributed by atoms with Gasteiger partial charge in [0.1, 0.15) is 5.82 Å². The largest absolute Gasteiger partial charge is 0.383 e. The maximum atomic E-state index is 12.9. The molecule has 6 heteroatoms. The molecule has 0 aliphatic carbocycles. The first-order valence-electron chi connectivity index (χ1n) is 4.89. The van der Waals surface area contributed by atoms with Crippen LogP contribution in [0, 0.1) is 5.82 Å². The molecular formula is C11H12Cl2FNO2. The summed E-state index contributed by atoms with van der Waals surface area (Å²) in [6.07, 6.45) is 0. The number of hydrogen-bond donors (Lipinski definition) is 1. The first-order valence-corrected chi connectivity index (χ1v) is 5.80. The van der Waals surface area contributed by atoms with Crippen molar-refractivity contribution in [1.29, 1.82) is 0 Å². The lowest BCUT2D eigenvalue weighted by Gasteiger charge is -2.15. The number of nitrogens with one attached hydrogen (secondary N) is 1. The Balaban J connectivity index is 2.72. The molecule has 1 aromatic rings. The summed E-state index contributed by atoms with van der Waals surface area (Å²) in [7, 11) is 1.51. The normalized spacial score (nSPS) is 12.2. The Kier molecular flexibility index (Phi) is 5.68. The average Bonchev–Trinajstić information content (AvgIpc) is 2.31. The van der Waals surface area contributed by atoms with Gasteiger partial charge in [0.15, 0.2) is 0 Å². The molecule has 0 spiro atoms. The monoisotopic (exact) mass is 279 g/mol. The van der Waals surface area contributed by atoms with Crippen LogP contribution in [0.5, 0.6) is 0 Å². The third kappa shape index (κ3) is 4.15. The number of rotatable bonds is 5. The van der Waals surface area contributed by atoms with Crippen molar-refractivity contribution in [2.45, 2.75) is 6.04 Å². The molecular weight excluding hydrogens is 268 g/mol. The Labute approximate surface area is 109 Å². The summed E-state index contributed by atoms with van der Waals surface area (Å²) in [4.78, 5) is 11.7. The van der Waals surface area contributed by atoms with Gasteiger partial charge in [0.25, 0.3) is 5.91 Å². The lowest BCUT2D eigenvalue weighted by molar-refractivity contribution is 0.0907. The van der Waals surface area contributed by atoms with E-state index in [2.05, 4.69) is 5.32 Å². The van der Waals surface area contributed by atoms with Crippen LogP contribution in [0.2, 0.25) is 5.02 Å². The number of benzene rings is 1. The fourth-order valence-electron chi connectivity index (χ4n) is 1.23. The summed E-state index contributed by atoms with van der Waals surface area (Å²) < 4.78 is 17.8. The molecule has 0 fully saturated rings. The summed E-state index contributed by atoms with van der Waals surface area (Å²) in [6, 6.07) is 3.47. The van der Waals surface area contributed by atoms with Crippen molar-refractivity contribution in [1.82, 2.24) is 5.32 Å². The van der Waals surface area contributed by atoms with Crippen molar-refractivity contribution in [3.05, 3.63) is 34.6 Å². The second-order valence-corrected chi connectivity index (χ2v) is 4.12. The Morgan fingerprint density at radius 2 is 2.29 bits per heavy atom. The molecule has 0 heterocycles. The molecule has 0 radical (unpaired) electrons. The topological polar surface area (TPSA) is 38.3 Å². The van der Waals surface area contributed by atoms with E-state index in [-0.39, 0.29) is 28.4 Å². The van der Waals surface area contributed by atoms with E-state index in [1.54, 1.807) is 0 Å². The molecule has 0 saturated heterocycles. The molecule has 3 nitrogen and oxygen atoms in total. The highest BCUT2D eigenvalue weighted by atomic mass is 35.5. The zero-order valence-electron chi connectivity index (χ0n) is 9.17. The first kappa shape index (κ1) is 14.2. The zero-order chi connectivity index (χ0) is 12.8. The third-order valence-electron chi connectivity index (χ3n) is 2.07. The lowest BCUT2D eigenvalue weighted by atomic mass is 10.2. The number of alkyl halides is 1. The molecule has 1 atom stereocenters. The maximum absolute atomic E-state index is 12.9. The summed E-state index contributed by atoms with van der Waals surface area (Å²) in [5.74, 6) is -0.697. The van der Waals surface area contributed by atoms with Gasteiger partial charge in [-0.05, 0) is 18.2 Å². The molecule has 1 unspecified atom stereocenters. The van der Waals surface area contributed by atoms with Gasteiger partial charge in [0.2, 0.25) is 0 Å². The SMILES string of the molecule is COCC(CCl)NC(=O)c1ccc(F)c(Cl)c1. The van der Waals surface area contributed by atoms with Crippen LogP contribution in [0.4, 0.5) is 4.39 Å². The number of amides is 1. The Morgan fingerprint density at radius 1 is 1.59 bits per heavy atom. The summed E-state index contributed by atoms with van der Waals surface area (Å²) in [5.41, 5.74) is 0.280. The predicted molar refractivity (Wildman–Crippen MR) is 65.3 cm³/mol. The maximum Gasteiger partial charge on any atom is 0.251 e. The Hall–Kier alpha value is -0.840. The van der Waals surface area contributed by atoms with Gasteiger partial charge in [-0.3, -0.25) is 4.79 Å². The van der Waals surface area contributed by atoms with Gasteiger partial charge in [0.05, 0.1) is 17.7 Å². The second kappa shape index (κ2) is 6.79. The van der Waals surface area contributed by atoms with Crippen LogP contribution >= 0.6 is 23.2 Å². The van der Waals surface area contributed by atoms with Crippen LogP contribution in [0.1, 0.15) is 10.4 Å². The minimum Gasteiger partial charge on any atom is -0.383 e. The van der Waals surface area contributed by atoms with Gasteiger partial charge >= 0.3 is 0 Å². The van der Waals surface area contributed by atoms with Gasteiger partial charge in [0, 0.05) is 18.6 Å². The molecule has 1 aromatic carbocycles. The number of ether oxygens (including phenoxy) is 1. The molecule has 94 valence electrons. The van der Waals surface area contributed by atoms with Crippen LogP contribution in [0.25, 0.3) is 0 Å². The quantitative estimate of drug-likeness (QED) is 0.841. The summed E-state index contributed by atoms with van der Waals surface area (Å²) in [5, 5.41) is 2.56.